The highest BCUT2D eigenvalue weighted by Crippen LogP contribution is 2.23. The lowest BCUT2D eigenvalue weighted by Gasteiger charge is -2.08. The number of carbonyl (C=O) groups is 1. The topological polar surface area (TPSA) is 71.8 Å². The van der Waals surface area contributed by atoms with Crippen molar-refractivity contribution in [1.82, 2.24) is 14.5 Å². The van der Waals surface area contributed by atoms with Gasteiger partial charge in [-0.25, -0.2) is 14.8 Å². The zero-order valence-electron chi connectivity index (χ0n) is 12.1. The van der Waals surface area contributed by atoms with Crippen molar-refractivity contribution in [2.24, 2.45) is 7.05 Å². The maximum Gasteiger partial charge on any atom is 0.324 e. The smallest absolute Gasteiger partial charge is 0.324 e. The fourth-order valence-corrected chi connectivity index (χ4v) is 2.36. The van der Waals surface area contributed by atoms with Gasteiger partial charge in [-0.15, -0.1) is 0 Å². The maximum atomic E-state index is 12.1. The van der Waals surface area contributed by atoms with E-state index in [-0.39, 0.29) is 0 Å². The van der Waals surface area contributed by atoms with Crippen LogP contribution in [0.1, 0.15) is 5.56 Å². The molecule has 0 aliphatic carbocycles. The van der Waals surface area contributed by atoms with E-state index in [9.17, 15) is 4.79 Å². The first-order chi connectivity index (χ1) is 10.5. The van der Waals surface area contributed by atoms with Crippen molar-refractivity contribution >= 4 is 40.2 Å². The molecule has 0 saturated heterocycles. The van der Waals surface area contributed by atoms with E-state index < -0.39 is 6.03 Å². The number of rotatable bonds is 2. The summed E-state index contributed by atoms with van der Waals surface area (Å²) in [4.78, 5) is 20.5. The van der Waals surface area contributed by atoms with Crippen molar-refractivity contribution < 1.29 is 4.79 Å². The Morgan fingerprint density at radius 2 is 2.09 bits per heavy atom. The van der Waals surface area contributed by atoms with Crippen LogP contribution in [0.2, 0.25) is 5.15 Å². The molecule has 0 aliphatic heterocycles. The SMILES string of the molecule is Cc1cccc(NC(=O)Nc2nc(Cl)cc3c2ncn3C)c1. The lowest BCUT2D eigenvalue weighted by molar-refractivity contribution is 0.262. The van der Waals surface area contributed by atoms with Gasteiger partial charge in [-0.2, -0.15) is 0 Å². The molecule has 3 rings (SSSR count). The summed E-state index contributed by atoms with van der Waals surface area (Å²) in [5.74, 6) is 0.327. The van der Waals surface area contributed by atoms with Crippen molar-refractivity contribution in [3.63, 3.8) is 0 Å². The molecule has 7 heteroatoms. The molecule has 0 radical (unpaired) electrons. The Labute approximate surface area is 132 Å². The second-order valence-corrected chi connectivity index (χ2v) is 5.35. The molecule has 112 valence electrons. The minimum Gasteiger partial charge on any atom is -0.334 e. The quantitative estimate of drug-likeness (QED) is 0.710. The highest BCUT2D eigenvalue weighted by atomic mass is 35.5. The summed E-state index contributed by atoms with van der Waals surface area (Å²) in [6.07, 6.45) is 1.65. The van der Waals surface area contributed by atoms with Crippen LogP contribution in [0, 0.1) is 6.92 Å². The minimum atomic E-state index is -0.396. The van der Waals surface area contributed by atoms with E-state index in [4.69, 9.17) is 11.6 Å². The van der Waals surface area contributed by atoms with Crippen LogP contribution in [-0.4, -0.2) is 20.6 Å². The number of anilines is 2. The minimum absolute atomic E-state index is 0.293. The van der Waals surface area contributed by atoms with E-state index in [1.54, 1.807) is 12.4 Å². The van der Waals surface area contributed by atoms with Crippen molar-refractivity contribution in [1.29, 1.82) is 0 Å². The standard InChI is InChI=1S/C15H14ClN5O/c1-9-4-3-5-10(6-9)18-15(22)20-14-13-11(7-12(16)19-14)21(2)8-17-13/h3-8H,1-2H3,(H2,18,19,20,22). The molecule has 6 nitrogen and oxygen atoms in total. The lowest BCUT2D eigenvalue weighted by atomic mass is 10.2. The third kappa shape index (κ3) is 2.87. The van der Waals surface area contributed by atoms with Gasteiger partial charge in [-0.1, -0.05) is 23.7 Å². The second-order valence-electron chi connectivity index (χ2n) is 4.97. The van der Waals surface area contributed by atoms with Gasteiger partial charge >= 0.3 is 6.03 Å². The normalized spacial score (nSPS) is 10.7. The van der Waals surface area contributed by atoms with E-state index in [1.807, 2.05) is 42.8 Å². The number of fused-ring (bicyclic) bond motifs is 1. The maximum absolute atomic E-state index is 12.1. The molecule has 0 fully saturated rings. The first-order valence-corrected chi connectivity index (χ1v) is 7.03. The van der Waals surface area contributed by atoms with Gasteiger partial charge in [0.1, 0.15) is 10.7 Å². The van der Waals surface area contributed by atoms with Gasteiger partial charge in [-0.05, 0) is 24.6 Å². The Hall–Kier alpha value is -2.60. The van der Waals surface area contributed by atoms with Crippen LogP contribution < -0.4 is 10.6 Å². The second kappa shape index (κ2) is 5.65. The summed E-state index contributed by atoms with van der Waals surface area (Å²) in [6, 6.07) is 8.83. The number of aromatic nitrogens is 3. The average Bonchev–Trinajstić information content (AvgIpc) is 2.80. The lowest BCUT2D eigenvalue weighted by Crippen LogP contribution is -2.20. The van der Waals surface area contributed by atoms with Crippen LogP contribution in [0.5, 0.6) is 0 Å². The van der Waals surface area contributed by atoms with Gasteiger partial charge in [0.2, 0.25) is 0 Å². The molecule has 0 bridgehead atoms. The number of hydrogen-bond donors (Lipinski definition) is 2. The average molecular weight is 316 g/mol. The van der Waals surface area contributed by atoms with Crippen LogP contribution >= 0.6 is 11.6 Å². The monoisotopic (exact) mass is 315 g/mol. The number of urea groups is 1. The van der Waals surface area contributed by atoms with Gasteiger partial charge in [0.05, 0.1) is 11.8 Å². The van der Waals surface area contributed by atoms with Gasteiger partial charge < -0.3 is 9.88 Å². The molecule has 2 heterocycles. The largest absolute Gasteiger partial charge is 0.334 e. The molecule has 0 unspecified atom stereocenters. The zero-order valence-corrected chi connectivity index (χ0v) is 12.8. The van der Waals surface area contributed by atoms with Crippen LogP contribution in [0.25, 0.3) is 11.0 Å². The third-order valence-corrected chi connectivity index (χ3v) is 3.38. The Morgan fingerprint density at radius 3 is 2.86 bits per heavy atom. The number of pyridine rings is 1. The molecule has 0 atom stereocenters. The van der Waals surface area contributed by atoms with E-state index in [1.165, 1.54) is 0 Å². The Bertz CT molecular complexity index is 858. The number of halogens is 1. The molecule has 0 spiro atoms. The first kappa shape index (κ1) is 14.3. The predicted molar refractivity (Wildman–Crippen MR) is 87.3 cm³/mol. The Balaban J connectivity index is 1.85. The summed E-state index contributed by atoms with van der Waals surface area (Å²) in [5.41, 5.74) is 3.15. The van der Waals surface area contributed by atoms with Crippen molar-refractivity contribution in [3.05, 3.63) is 47.4 Å². The molecule has 22 heavy (non-hydrogen) atoms. The first-order valence-electron chi connectivity index (χ1n) is 6.65. The van der Waals surface area contributed by atoms with Crippen molar-refractivity contribution in [3.8, 4) is 0 Å². The number of amides is 2. The molecular formula is C15H14ClN5O. The van der Waals surface area contributed by atoms with Crippen LogP contribution in [-0.2, 0) is 7.05 Å². The van der Waals surface area contributed by atoms with Gasteiger partial charge in [0, 0.05) is 18.8 Å². The van der Waals surface area contributed by atoms with Crippen molar-refractivity contribution in [2.75, 3.05) is 10.6 Å². The van der Waals surface area contributed by atoms with E-state index in [0.29, 0.717) is 22.2 Å². The Kier molecular flexibility index (Phi) is 3.68. The van der Waals surface area contributed by atoms with Gasteiger partial charge in [0.15, 0.2) is 5.82 Å². The summed E-state index contributed by atoms with van der Waals surface area (Å²) in [5, 5.41) is 5.73. The number of nitrogens with one attached hydrogen (secondary N) is 2. The van der Waals surface area contributed by atoms with Crippen LogP contribution in [0.4, 0.5) is 16.3 Å². The molecule has 3 aromatic rings. The summed E-state index contributed by atoms with van der Waals surface area (Å²) in [7, 11) is 1.85. The predicted octanol–water partition coefficient (Wildman–Crippen LogP) is 3.57. The molecule has 2 aromatic heterocycles. The molecule has 1 aromatic carbocycles. The van der Waals surface area contributed by atoms with E-state index in [2.05, 4.69) is 20.6 Å². The van der Waals surface area contributed by atoms with Gasteiger partial charge in [0.25, 0.3) is 0 Å². The summed E-state index contributed by atoms with van der Waals surface area (Å²) < 4.78 is 1.81. The van der Waals surface area contributed by atoms with Gasteiger partial charge in [-0.3, -0.25) is 5.32 Å². The number of carbonyl (C=O) groups excluding carboxylic acids is 1. The van der Waals surface area contributed by atoms with Crippen LogP contribution in [0.3, 0.4) is 0 Å². The number of hydrogen-bond acceptors (Lipinski definition) is 3. The fraction of sp³-hybridized carbons (Fsp3) is 0.133. The third-order valence-electron chi connectivity index (χ3n) is 3.19. The molecule has 0 aliphatic rings. The highest BCUT2D eigenvalue weighted by Gasteiger charge is 2.12. The number of nitrogens with zero attached hydrogens (tertiary/aromatic N) is 3. The molecule has 0 saturated carbocycles. The van der Waals surface area contributed by atoms with Crippen LogP contribution in [0.15, 0.2) is 36.7 Å². The number of imidazole rings is 1. The van der Waals surface area contributed by atoms with E-state index >= 15 is 0 Å². The summed E-state index contributed by atoms with van der Waals surface area (Å²) in [6.45, 7) is 1.96. The fourth-order valence-electron chi connectivity index (χ4n) is 2.18. The molecule has 2 amide bonds. The molecule has 2 N–H and O–H groups in total. The number of aryl methyl sites for hydroxylation is 2. The highest BCUT2D eigenvalue weighted by molar-refractivity contribution is 6.30. The number of benzene rings is 1. The molecular weight excluding hydrogens is 302 g/mol. The zero-order chi connectivity index (χ0) is 15.7. The Morgan fingerprint density at radius 1 is 1.27 bits per heavy atom. The van der Waals surface area contributed by atoms with E-state index in [0.717, 1.165) is 11.1 Å². The summed E-state index contributed by atoms with van der Waals surface area (Å²) >= 11 is 5.99. The van der Waals surface area contributed by atoms with Crippen molar-refractivity contribution in [2.45, 2.75) is 6.92 Å².